The van der Waals surface area contributed by atoms with Crippen LogP contribution in [0.4, 0.5) is 0 Å². The van der Waals surface area contributed by atoms with E-state index in [-0.39, 0.29) is 11.7 Å². The van der Waals surface area contributed by atoms with Crippen molar-refractivity contribution < 1.29 is 14.6 Å². The van der Waals surface area contributed by atoms with Crippen LogP contribution in [0, 0.1) is 0 Å². The van der Waals surface area contributed by atoms with Gasteiger partial charge in [0.05, 0.1) is 24.5 Å². The number of aromatic nitrogens is 1. The van der Waals surface area contributed by atoms with Crippen molar-refractivity contribution in [2.45, 2.75) is 0 Å². The zero-order chi connectivity index (χ0) is 14.4. The number of rotatable bonds is 4. The lowest BCUT2D eigenvalue weighted by Gasteiger charge is -2.05. The Morgan fingerprint density at radius 3 is 2.95 bits per heavy atom. The highest BCUT2D eigenvalue weighted by atomic mass is 16.5. The highest BCUT2D eigenvalue weighted by Gasteiger charge is 2.06. The van der Waals surface area contributed by atoms with E-state index in [1.807, 2.05) is 0 Å². The second kappa shape index (κ2) is 6.33. The molecule has 2 aromatic rings. The van der Waals surface area contributed by atoms with Gasteiger partial charge in [0.25, 0.3) is 5.91 Å². The maximum absolute atomic E-state index is 11.7. The third-order valence-electron chi connectivity index (χ3n) is 2.55. The van der Waals surface area contributed by atoms with Gasteiger partial charge in [-0.2, -0.15) is 5.10 Å². The molecule has 0 aliphatic rings. The number of nitrogens with zero attached hydrogens (tertiary/aromatic N) is 2. The first-order valence-electron chi connectivity index (χ1n) is 5.82. The van der Waals surface area contributed by atoms with Crippen molar-refractivity contribution in [1.29, 1.82) is 0 Å². The SMILES string of the molecule is COc1cccc(O)c1/C=N/NC(=O)c1cccnc1. The number of pyridine rings is 1. The van der Waals surface area contributed by atoms with Crippen LogP contribution >= 0.6 is 0 Å². The molecule has 1 amide bonds. The number of benzene rings is 1. The van der Waals surface area contributed by atoms with E-state index < -0.39 is 0 Å². The predicted molar refractivity (Wildman–Crippen MR) is 74.0 cm³/mol. The molecule has 6 nitrogen and oxygen atoms in total. The minimum atomic E-state index is -0.385. The third-order valence-corrected chi connectivity index (χ3v) is 2.55. The van der Waals surface area contributed by atoms with E-state index in [0.29, 0.717) is 16.9 Å². The van der Waals surface area contributed by atoms with Gasteiger partial charge < -0.3 is 9.84 Å². The summed E-state index contributed by atoms with van der Waals surface area (Å²) in [6.45, 7) is 0. The van der Waals surface area contributed by atoms with Crippen molar-refractivity contribution in [2.75, 3.05) is 7.11 Å². The lowest BCUT2D eigenvalue weighted by Crippen LogP contribution is -2.17. The Morgan fingerprint density at radius 2 is 2.25 bits per heavy atom. The van der Waals surface area contributed by atoms with E-state index in [1.54, 1.807) is 30.5 Å². The molecule has 0 fully saturated rings. The number of hydrazone groups is 1. The average Bonchev–Trinajstić information content (AvgIpc) is 2.49. The molecule has 0 aliphatic carbocycles. The molecule has 0 saturated heterocycles. The predicted octanol–water partition coefficient (Wildman–Crippen LogP) is 1.56. The summed E-state index contributed by atoms with van der Waals surface area (Å²) in [6, 6.07) is 8.12. The molecular weight excluding hydrogens is 258 g/mol. The van der Waals surface area contributed by atoms with Crippen molar-refractivity contribution >= 4 is 12.1 Å². The summed E-state index contributed by atoms with van der Waals surface area (Å²) in [5.74, 6) is 0.0943. The number of ether oxygens (including phenoxy) is 1. The van der Waals surface area contributed by atoms with Gasteiger partial charge in [-0.05, 0) is 24.3 Å². The molecule has 0 aliphatic heterocycles. The van der Waals surface area contributed by atoms with Gasteiger partial charge in [-0.25, -0.2) is 5.43 Å². The van der Waals surface area contributed by atoms with Gasteiger partial charge in [-0.1, -0.05) is 6.07 Å². The number of nitrogens with one attached hydrogen (secondary N) is 1. The molecule has 102 valence electrons. The molecule has 6 heteroatoms. The second-order valence-corrected chi connectivity index (χ2v) is 3.83. The Kier molecular flexibility index (Phi) is 4.28. The smallest absolute Gasteiger partial charge is 0.272 e. The number of hydrogen-bond acceptors (Lipinski definition) is 5. The van der Waals surface area contributed by atoms with E-state index in [0.717, 1.165) is 0 Å². The Morgan fingerprint density at radius 1 is 1.40 bits per heavy atom. The van der Waals surface area contributed by atoms with E-state index in [2.05, 4.69) is 15.5 Å². The summed E-state index contributed by atoms with van der Waals surface area (Å²) < 4.78 is 5.09. The van der Waals surface area contributed by atoms with Crippen LogP contribution in [0.1, 0.15) is 15.9 Å². The van der Waals surface area contributed by atoms with Crippen LogP contribution < -0.4 is 10.2 Å². The van der Waals surface area contributed by atoms with E-state index in [4.69, 9.17) is 4.74 Å². The molecule has 20 heavy (non-hydrogen) atoms. The molecule has 1 aromatic carbocycles. The number of carbonyl (C=O) groups excluding carboxylic acids is 1. The normalized spacial score (nSPS) is 10.4. The van der Waals surface area contributed by atoms with Crippen molar-refractivity contribution in [1.82, 2.24) is 10.4 Å². The number of carbonyl (C=O) groups is 1. The number of aromatic hydroxyl groups is 1. The highest BCUT2D eigenvalue weighted by molar-refractivity contribution is 5.95. The summed E-state index contributed by atoms with van der Waals surface area (Å²) in [4.78, 5) is 15.6. The molecule has 0 atom stereocenters. The van der Waals surface area contributed by atoms with E-state index >= 15 is 0 Å². The van der Waals surface area contributed by atoms with Gasteiger partial charge in [0.1, 0.15) is 11.5 Å². The second-order valence-electron chi connectivity index (χ2n) is 3.83. The Hall–Kier alpha value is -2.89. The van der Waals surface area contributed by atoms with Crippen molar-refractivity contribution in [3.63, 3.8) is 0 Å². The van der Waals surface area contributed by atoms with Crippen molar-refractivity contribution in [3.05, 3.63) is 53.9 Å². The molecular formula is C14H13N3O3. The van der Waals surface area contributed by atoms with Gasteiger partial charge >= 0.3 is 0 Å². The quantitative estimate of drug-likeness (QED) is 0.653. The zero-order valence-corrected chi connectivity index (χ0v) is 10.8. The minimum absolute atomic E-state index is 0.0173. The van der Waals surface area contributed by atoms with Crippen LogP contribution in [0.3, 0.4) is 0 Å². The first kappa shape index (κ1) is 13.5. The number of methoxy groups -OCH3 is 1. The first-order chi connectivity index (χ1) is 9.72. The Labute approximate surface area is 115 Å². The third kappa shape index (κ3) is 3.11. The van der Waals surface area contributed by atoms with Gasteiger partial charge in [-0.15, -0.1) is 0 Å². The highest BCUT2D eigenvalue weighted by Crippen LogP contribution is 2.24. The number of phenols is 1. The maximum atomic E-state index is 11.7. The van der Waals surface area contributed by atoms with Gasteiger partial charge in [0.15, 0.2) is 0 Å². The molecule has 0 bridgehead atoms. The molecule has 0 unspecified atom stereocenters. The van der Waals surface area contributed by atoms with Crippen LogP contribution in [0.5, 0.6) is 11.5 Å². The van der Waals surface area contributed by atoms with Crippen LogP contribution in [-0.2, 0) is 0 Å². The van der Waals surface area contributed by atoms with Gasteiger partial charge in [0, 0.05) is 12.4 Å². The molecule has 2 rings (SSSR count). The molecule has 0 radical (unpaired) electrons. The Bertz CT molecular complexity index is 627. The zero-order valence-electron chi connectivity index (χ0n) is 10.8. The molecule has 2 N–H and O–H groups in total. The van der Waals surface area contributed by atoms with Gasteiger partial charge in [-0.3, -0.25) is 9.78 Å². The average molecular weight is 271 g/mol. The van der Waals surface area contributed by atoms with Crippen LogP contribution in [0.15, 0.2) is 47.8 Å². The fourth-order valence-corrected chi connectivity index (χ4v) is 1.56. The maximum Gasteiger partial charge on any atom is 0.272 e. The molecule has 1 heterocycles. The number of amides is 1. The van der Waals surface area contributed by atoms with Crippen LogP contribution in [0.2, 0.25) is 0 Å². The van der Waals surface area contributed by atoms with Crippen LogP contribution in [-0.4, -0.2) is 29.3 Å². The lowest BCUT2D eigenvalue weighted by atomic mass is 10.2. The van der Waals surface area contributed by atoms with Crippen LogP contribution in [0.25, 0.3) is 0 Å². The number of phenolic OH excluding ortho intramolecular Hbond substituents is 1. The van der Waals surface area contributed by atoms with Crippen molar-refractivity contribution in [3.8, 4) is 11.5 Å². The lowest BCUT2D eigenvalue weighted by molar-refractivity contribution is 0.0954. The van der Waals surface area contributed by atoms with Crippen molar-refractivity contribution in [2.24, 2.45) is 5.10 Å². The standard InChI is InChI=1S/C14H13N3O3/c1-20-13-6-2-5-12(18)11(13)9-16-17-14(19)10-4-3-7-15-8-10/h2-9,18H,1H3,(H,17,19)/b16-9+. The summed E-state index contributed by atoms with van der Waals surface area (Å²) in [7, 11) is 1.49. The summed E-state index contributed by atoms with van der Waals surface area (Å²) in [5.41, 5.74) is 3.14. The van der Waals surface area contributed by atoms with E-state index in [9.17, 15) is 9.90 Å². The fourth-order valence-electron chi connectivity index (χ4n) is 1.56. The first-order valence-corrected chi connectivity index (χ1v) is 5.82. The number of hydrogen-bond donors (Lipinski definition) is 2. The summed E-state index contributed by atoms with van der Waals surface area (Å²) in [5, 5.41) is 13.5. The Balaban J connectivity index is 2.10. The minimum Gasteiger partial charge on any atom is -0.507 e. The largest absolute Gasteiger partial charge is 0.507 e. The topological polar surface area (TPSA) is 83.8 Å². The summed E-state index contributed by atoms with van der Waals surface area (Å²) >= 11 is 0. The summed E-state index contributed by atoms with van der Waals surface area (Å²) in [6.07, 6.45) is 4.33. The molecule has 0 spiro atoms. The fraction of sp³-hybridized carbons (Fsp3) is 0.0714. The van der Waals surface area contributed by atoms with Gasteiger partial charge in [0.2, 0.25) is 0 Å². The molecule has 1 aromatic heterocycles. The monoisotopic (exact) mass is 271 g/mol. The molecule has 0 saturated carbocycles. The van der Waals surface area contributed by atoms with E-state index in [1.165, 1.54) is 25.6 Å².